The molecule has 0 atom stereocenters. The maximum atomic E-state index is 11.6. The summed E-state index contributed by atoms with van der Waals surface area (Å²) in [4.78, 5) is 16.0. The van der Waals surface area contributed by atoms with E-state index in [1.165, 1.54) is 0 Å². The summed E-state index contributed by atoms with van der Waals surface area (Å²) in [6.07, 6.45) is 0.230. The molecule has 3 rings (SSSR count). The highest BCUT2D eigenvalue weighted by Crippen LogP contribution is 2.26. The number of ether oxygens (including phenoxy) is 1. The lowest BCUT2D eigenvalue weighted by Gasteiger charge is -2.03. The van der Waals surface area contributed by atoms with Gasteiger partial charge in [0.1, 0.15) is 5.52 Å². The first-order valence-corrected chi connectivity index (χ1v) is 7.34. The molecule has 0 N–H and O–H groups in total. The number of esters is 1. The lowest BCUT2D eigenvalue weighted by molar-refractivity contribution is -0.142. The van der Waals surface area contributed by atoms with Crippen LogP contribution in [0, 0.1) is 0 Å². The topological polar surface area (TPSA) is 52.3 Å². The molecule has 0 saturated heterocycles. The number of benzene rings is 2. The van der Waals surface area contributed by atoms with Crippen LogP contribution in [0.3, 0.4) is 0 Å². The van der Waals surface area contributed by atoms with E-state index in [0.29, 0.717) is 28.6 Å². The summed E-state index contributed by atoms with van der Waals surface area (Å²) >= 11 is 5.95. The summed E-state index contributed by atoms with van der Waals surface area (Å²) in [6, 6.07) is 12.8. The molecule has 0 bridgehead atoms. The Bertz CT molecular complexity index is 826. The molecule has 2 aromatic carbocycles. The first-order chi connectivity index (χ1) is 10.7. The monoisotopic (exact) mass is 315 g/mol. The van der Waals surface area contributed by atoms with Gasteiger partial charge in [-0.1, -0.05) is 23.7 Å². The van der Waals surface area contributed by atoms with Crippen LogP contribution in [-0.2, 0) is 16.0 Å². The second-order valence-electron chi connectivity index (χ2n) is 4.81. The second-order valence-corrected chi connectivity index (χ2v) is 5.25. The van der Waals surface area contributed by atoms with Crippen molar-refractivity contribution in [1.29, 1.82) is 0 Å². The molecular formula is C17H14ClNO3. The van der Waals surface area contributed by atoms with Crippen LogP contribution in [0.5, 0.6) is 0 Å². The van der Waals surface area contributed by atoms with E-state index in [4.69, 9.17) is 20.8 Å². The number of hydrogen-bond acceptors (Lipinski definition) is 4. The van der Waals surface area contributed by atoms with Crippen molar-refractivity contribution in [1.82, 2.24) is 4.98 Å². The summed E-state index contributed by atoms with van der Waals surface area (Å²) in [7, 11) is 0. The summed E-state index contributed by atoms with van der Waals surface area (Å²) in [5.74, 6) is 0.256. The van der Waals surface area contributed by atoms with E-state index in [1.807, 2.05) is 24.3 Å². The van der Waals surface area contributed by atoms with Crippen LogP contribution in [0.1, 0.15) is 12.5 Å². The first-order valence-electron chi connectivity index (χ1n) is 6.96. The predicted octanol–water partition coefficient (Wildman–Crippen LogP) is 4.25. The van der Waals surface area contributed by atoms with Crippen molar-refractivity contribution in [2.45, 2.75) is 13.3 Å². The van der Waals surface area contributed by atoms with Gasteiger partial charge in [0, 0.05) is 10.6 Å². The summed E-state index contributed by atoms with van der Waals surface area (Å²) in [6.45, 7) is 2.17. The molecular weight excluding hydrogens is 302 g/mol. The highest BCUT2D eigenvalue weighted by Gasteiger charge is 2.10. The third kappa shape index (κ3) is 3.12. The molecule has 112 valence electrons. The van der Waals surface area contributed by atoms with Crippen molar-refractivity contribution in [3.63, 3.8) is 0 Å². The van der Waals surface area contributed by atoms with Gasteiger partial charge in [0.25, 0.3) is 0 Å². The number of aromatic nitrogens is 1. The smallest absolute Gasteiger partial charge is 0.310 e. The molecule has 3 aromatic rings. The Labute approximate surface area is 132 Å². The van der Waals surface area contributed by atoms with E-state index in [0.717, 1.165) is 11.1 Å². The maximum absolute atomic E-state index is 11.6. The highest BCUT2D eigenvalue weighted by atomic mass is 35.5. The SMILES string of the molecule is CCOC(=O)Cc1cccc(-c2nc3cc(Cl)ccc3o2)c1. The van der Waals surface area contributed by atoms with Crippen LogP contribution in [0.25, 0.3) is 22.6 Å². The molecule has 0 spiro atoms. The Morgan fingerprint density at radius 2 is 2.14 bits per heavy atom. The summed E-state index contributed by atoms with van der Waals surface area (Å²) < 4.78 is 10.7. The fraction of sp³-hybridized carbons (Fsp3) is 0.176. The zero-order chi connectivity index (χ0) is 15.5. The molecule has 22 heavy (non-hydrogen) atoms. The largest absolute Gasteiger partial charge is 0.466 e. The minimum Gasteiger partial charge on any atom is -0.466 e. The number of hydrogen-bond donors (Lipinski definition) is 0. The number of carbonyl (C=O) groups excluding carboxylic acids is 1. The van der Waals surface area contributed by atoms with Crippen molar-refractivity contribution < 1.29 is 13.9 Å². The van der Waals surface area contributed by atoms with Gasteiger partial charge in [-0.2, -0.15) is 0 Å². The number of rotatable bonds is 4. The third-order valence-corrected chi connectivity index (χ3v) is 3.41. The Morgan fingerprint density at radius 3 is 2.95 bits per heavy atom. The zero-order valence-corrected chi connectivity index (χ0v) is 12.8. The van der Waals surface area contributed by atoms with Crippen LogP contribution in [0.15, 0.2) is 46.9 Å². The van der Waals surface area contributed by atoms with Gasteiger partial charge in [-0.15, -0.1) is 0 Å². The minimum absolute atomic E-state index is 0.230. The molecule has 0 radical (unpaired) electrons. The number of nitrogens with zero attached hydrogens (tertiary/aromatic N) is 1. The van der Waals surface area contributed by atoms with Crippen LogP contribution in [0.4, 0.5) is 0 Å². The van der Waals surface area contributed by atoms with Crippen LogP contribution >= 0.6 is 11.6 Å². The molecule has 0 fully saturated rings. The molecule has 4 nitrogen and oxygen atoms in total. The highest BCUT2D eigenvalue weighted by molar-refractivity contribution is 6.31. The van der Waals surface area contributed by atoms with Crippen LogP contribution < -0.4 is 0 Å². The molecule has 1 heterocycles. The molecule has 0 unspecified atom stereocenters. The standard InChI is InChI=1S/C17H14ClNO3/c1-2-21-16(20)9-11-4-3-5-12(8-11)17-19-14-10-13(18)6-7-15(14)22-17/h3-8,10H,2,9H2,1H3. The fourth-order valence-corrected chi connectivity index (χ4v) is 2.38. The molecule has 0 amide bonds. The van der Waals surface area contributed by atoms with Gasteiger partial charge >= 0.3 is 5.97 Å². The lowest BCUT2D eigenvalue weighted by atomic mass is 10.1. The molecule has 5 heteroatoms. The van der Waals surface area contributed by atoms with Crippen molar-refractivity contribution in [2.24, 2.45) is 0 Å². The number of fused-ring (bicyclic) bond motifs is 1. The van der Waals surface area contributed by atoms with E-state index < -0.39 is 0 Å². The van der Waals surface area contributed by atoms with E-state index in [2.05, 4.69) is 4.98 Å². The molecule has 0 aliphatic heterocycles. The van der Waals surface area contributed by atoms with Crippen molar-refractivity contribution in [3.05, 3.63) is 53.1 Å². The van der Waals surface area contributed by atoms with Crippen LogP contribution in [-0.4, -0.2) is 17.6 Å². The minimum atomic E-state index is -0.246. The molecule has 1 aromatic heterocycles. The van der Waals surface area contributed by atoms with Gasteiger partial charge in [-0.25, -0.2) is 4.98 Å². The van der Waals surface area contributed by atoms with Crippen molar-refractivity contribution >= 4 is 28.7 Å². The maximum Gasteiger partial charge on any atom is 0.310 e. The lowest BCUT2D eigenvalue weighted by Crippen LogP contribution is -2.07. The molecule has 0 saturated carbocycles. The Kier molecular flexibility index (Phi) is 4.11. The first kappa shape index (κ1) is 14.6. The molecule has 0 aliphatic rings. The fourth-order valence-electron chi connectivity index (χ4n) is 2.22. The summed E-state index contributed by atoms with van der Waals surface area (Å²) in [5, 5.41) is 0.614. The normalized spacial score (nSPS) is 10.8. The quantitative estimate of drug-likeness (QED) is 0.675. The van der Waals surface area contributed by atoms with E-state index >= 15 is 0 Å². The average molecular weight is 316 g/mol. The average Bonchev–Trinajstić information content (AvgIpc) is 2.90. The van der Waals surface area contributed by atoms with Gasteiger partial charge in [-0.05, 0) is 42.8 Å². The van der Waals surface area contributed by atoms with Gasteiger partial charge in [0.15, 0.2) is 5.58 Å². The third-order valence-electron chi connectivity index (χ3n) is 3.18. The van der Waals surface area contributed by atoms with E-state index in [-0.39, 0.29) is 12.4 Å². The Morgan fingerprint density at radius 1 is 1.27 bits per heavy atom. The van der Waals surface area contributed by atoms with Gasteiger partial charge in [0.2, 0.25) is 5.89 Å². The van der Waals surface area contributed by atoms with Crippen molar-refractivity contribution in [2.75, 3.05) is 6.61 Å². The van der Waals surface area contributed by atoms with E-state index in [1.54, 1.807) is 25.1 Å². The van der Waals surface area contributed by atoms with Gasteiger partial charge in [0.05, 0.1) is 13.0 Å². The number of halogens is 1. The zero-order valence-electron chi connectivity index (χ0n) is 12.0. The predicted molar refractivity (Wildman–Crippen MR) is 84.8 cm³/mol. The molecule has 0 aliphatic carbocycles. The van der Waals surface area contributed by atoms with Crippen LogP contribution in [0.2, 0.25) is 5.02 Å². The van der Waals surface area contributed by atoms with Gasteiger partial charge in [-0.3, -0.25) is 4.79 Å². The van der Waals surface area contributed by atoms with Gasteiger partial charge < -0.3 is 9.15 Å². The van der Waals surface area contributed by atoms with Crippen molar-refractivity contribution in [3.8, 4) is 11.5 Å². The summed E-state index contributed by atoms with van der Waals surface area (Å²) in [5.41, 5.74) is 3.05. The van der Waals surface area contributed by atoms with E-state index in [9.17, 15) is 4.79 Å². The number of carbonyl (C=O) groups is 1. The Hall–Kier alpha value is -2.33. The Balaban J connectivity index is 1.91. The number of oxazole rings is 1. The second kappa shape index (κ2) is 6.20.